The number of ether oxygens (including phenoxy) is 1. The van der Waals surface area contributed by atoms with Gasteiger partial charge in [0.25, 0.3) is 5.91 Å². The van der Waals surface area contributed by atoms with Crippen LogP contribution in [0.3, 0.4) is 0 Å². The van der Waals surface area contributed by atoms with Crippen LogP contribution in [0, 0.1) is 23.6 Å². The first kappa shape index (κ1) is 29.1. The molecule has 1 spiro atoms. The van der Waals surface area contributed by atoms with Crippen LogP contribution < -0.4 is 15.4 Å². The number of amides is 2. The van der Waals surface area contributed by atoms with E-state index in [0.29, 0.717) is 55.0 Å². The van der Waals surface area contributed by atoms with Gasteiger partial charge in [0.15, 0.2) is 11.4 Å². The van der Waals surface area contributed by atoms with Gasteiger partial charge in [0, 0.05) is 31.6 Å². The maximum atomic E-state index is 13.9. The second-order valence-electron chi connectivity index (χ2n) is 13.3. The lowest BCUT2D eigenvalue weighted by Crippen LogP contribution is -2.69. The first-order valence-corrected chi connectivity index (χ1v) is 15.9. The highest BCUT2D eigenvalue weighted by Crippen LogP contribution is 2.42. The highest BCUT2D eigenvalue weighted by molar-refractivity contribution is 6.02. The summed E-state index contributed by atoms with van der Waals surface area (Å²) in [5, 5.41) is 6.80. The molecule has 7 nitrogen and oxygen atoms in total. The number of rotatable bonds is 6. The molecule has 226 valence electrons. The third-order valence-electron chi connectivity index (χ3n) is 9.88. The number of hydrogen-bond donors (Lipinski definition) is 2. The number of carbonyl (C=O) groups excluding carboxylic acids is 2. The number of nitrogens with zero attached hydrogens (tertiary/aromatic N) is 2. The molecule has 8 heteroatoms. The second kappa shape index (κ2) is 12.3. The summed E-state index contributed by atoms with van der Waals surface area (Å²) in [4.78, 5) is 31.9. The normalized spacial score (nSPS) is 24.9. The Hall–Kier alpha value is -2.97. The molecule has 2 unspecified atom stereocenters. The minimum Gasteiger partial charge on any atom is -0.480 e. The van der Waals surface area contributed by atoms with Crippen molar-refractivity contribution in [1.82, 2.24) is 15.1 Å². The Morgan fingerprint density at radius 3 is 2.50 bits per heavy atom. The average molecular weight is 577 g/mol. The first-order valence-electron chi connectivity index (χ1n) is 15.9. The highest BCUT2D eigenvalue weighted by atomic mass is 19.1. The quantitative estimate of drug-likeness (QED) is 0.447. The van der Waals surface area contributed by atoms with E-state index in [1.54, 1.807) is 0 Å². The molecule has 1 aliphatic carbocycles. The van der Waals surface area contributed by atoms with Crippen molar-refractivity contribution >= 4 is 17.5 Å². The number of likely N-dealkylation sites (tertiary alicyclic amines) is 1. The molecular formula is C34H45FN4O3. The van der Waals surface area contributed by atoms with Gasteiger partial charge in [-0.1, -0.05) is 56.7 Å². The summed E-state index contributed by atoms with van der Waals surface area (Å²) in [6, 6.07) is 12.1. The van der Waals surface area contributed by atoms with Crippen molar-refractivity contribution in [2.75, 3.05) is 38.0 Å². The van der Waals surface area contributed by atoms with E-state index < -0.39 is 5.60 Å². The minimum absolute atomic E-state index is 0.00314. The van der Waals surface area contributed by atoms with E-state index in [9.17, 15) is 14.0 Å². The predicted octanol–water partition coefficient (Wildman–Crippen LogP) is 5.46. The van der Waals surface area contributed by atoms with Gasteiger partial charge < -0.3 is 20.3 Å². The number of piperidine rings is 1. The van der Waals surface area contributed by atoms with Gasteiger partial charge in [-0.25, -0.2) is 4.39 Å². The molecule has 6 rings (SSSR count). The fraction of sp³-hybridized carbons (Fsp3) is 0.588. The Balaban J connectivity index is 1.23. The van der Waals surface area contributed by atoms with Gasteiger partial charge >= 0.3 is 0 Å². The van der Waals surface area contributed by atoms with Crippen LogP contribution in [0.5, 0.6) is 5.75 Å². The molecule has 2 N–H and O–H groups in total. The molecule has 1 saturated carbocycles. The lowest BCUT2D eigenvalue weighted by atomic mass is 9.74. The van der Waals surface area contributed by atoms with Gasteiger partial charge in [0.1, 0.15) is 5.82 Å². The Morgan fingerprint density at radius 1 is 1.05 bits per heavy atom. The second-order valence-corrected chi connectivity index (χ2v) is 13.3. The lowest BCUT2D eigenvalue weighted by Gasteiger charge is -2.50. The van der Waals surface area contributed by atoms with Crippen molar-refractivity contribution in [1.29, 1.82) is 0 Å². The van der Waals surface area contributed by atoms with Gasteiger partial charge in [0.2, 0.25) is 5.91 Å². The maximum Gasteiger partial charge on any atom is 0.258 e. The molecule has 2 saturated heterocycles. The van der Waals surface area contributed by atoms with E-state index in [2.05, 4.69) is 15.5 Å². The van der Waals surface area contributed by atoms with E-state index in [1.165, 1.54) is 50.7 Å². The van der Waals surface area contributed by atoms with Crippen LogP contribution in [-0.2, 0) is 11.3 Å². The number of benzene rings is 2. The van der Waals surface area contributed by atoms with E-state index in [4.69, 9.17) is 4.74 Å². The van der Waals surface area contributed by atoms with Crippen LogP contribution in [-0.4, -0.2) is 66.0 Å². The zero-order valence-electron chi connectivity index (χ0n) is 25.0. The molecular weight excluding hydrogens is 531 g/mol. The van der Waals surface area contributed by atoms with Crippen LogP contribution >= 0.6 is 0 Å². The molecule has 2 atom stereocenters. The van der Waals surface area contributed by atoms with E-state index >= 15 is 0 Å². The summed E-state index contributed by atoms with van der Waals surface area (Å²) in [5.41, 5.74) is 1.55. The summed E-state index contributed by atoms with van der Waals surface area (Å²) in [6.45, 7) is 8.24. The molecule has 2 amide bonds. The van der Waals surface area contributed by atoms with Crippen molar-refractivity contribution in [3.05, 3.63) is 59.4 Å². The number of carbonyl (C=O) groups is 2. The zero-order valence-corrected chi connectivity index (χ0v) is 25.0. The lowest BCUT2D eigenvalue weighted by molar-refractivity contribution is -0.123. The van der Waals surface area contributed by atoms with Crippen molar-refractivity contribution in [3.8, 4) is 5.75 Å². The van der Waals surface area contributed by atoms with Gasteiger partial charge in [-0.15, -0.1) is 0 Å². The Morgan fingerprint density at radius 2 is 1.79 bits per heavy atom. The third kappa shape index (κ3) is 6.06. The number of para-hydroxylation sites is 1. The van der Waals surface area contributed by atoms with Crippen molar-refractivity contribution in [3.63, 3.8) is 0 Å². The van der Waals surface area contributed by atoms with Gasteiger partial charge in [-0.05, 0) is 75.0 Å². The maximum absolute atomic E-state index is 13.9. The van der Waals surface area contributed by atoms with Crippen LogP contribution in [0.2, 0.25) is 0 Å². The molecule has 0 radical (unpaired) electrons. The van der Waals surface area contributed by atoms with Gasteiger partial charge in [0.05, 0.1) is 17.8 Å². The number of nitrogens with one attached hydrogen (secondary N) is 2. The van der Waals surface area contributed by atoms with Crippen molar-refractivity contribution in [2.24, 2.45) is 17.8 Å². The monoisotopic (exact) mass is 576 g/mol. The summed E-state index contributed by atoms with van der Waals surface area (Å²) in [5.74, 6) is 1.07. The Labute approximate surface area is 249 Å². The zero-order chi connectivity index (χ0) is 29.3. The first-order chi connectivity index (χ1) is 20.3. The predicted molar refractivity (Wildman–Crippen MR) is 162 cm³/mol. The smallest absolute Gasteiger partial charge is 0.258 e. The largest absolute Gasteiger partial charge is 0.480 e. The molecule has 3 aliphatic heterocycles. The average Bonchev–Trinajstić information content (AvgIpc) is 3.32. The Bertz CT molecular complexity index is 1270. The number of hydrogen-bond acceptors (Lipinski definition) is 5. The summed E-state index contributed by atoms with van der Waals surface area (Å²) in [7, 11) is 0. The fourth-order valence-corrected chi connectivity index (χ4v) is 7.68. The highest BCUT2D eigenvalue weighted by Gasteiger charge is 2.50. The van der Waals surface area contributed by atoms with Gasteiger partial charge in [-0.2, -0.15) is 0 Å². The topological polar surface area (TPSA) is 73.9 Å². The summed E-state index contributed by atoms with van der Waals surface area (Å²) >= 11 is 0. The summed E-state index contributed by atoms with van der Waals surface area (Å²) < 4.78 is 20.2. The molecule has 4 aliphatic rings. The standard InChI is InChI=1S/C34H45FN4O3/c1-23(2)39-22-34(20-38(21-34)19-24-12-14-26(35)15-13-24)42-31-28(33(39)41)10-7-11-30(31)37-32(40)27-16-17-36-18-29(27)25-8-5-3-4-6-9-25/h7,10-15,23,25,27,29,36H,3-6,8-9,16-22H2,1-2H3,(H,37,40). The molecule has 3 fully saturated rings. The van der Waals surface area contributed by atoms with E-state index in [1.807, 2.05) is 49.1 Å². The molecule has 2 aromatic carbocycles. The number of halogens is 1. The summed E-state index contributed by atoms with van der Waals surface area (Å²) in [6.07, 6.45) is 8.34. The third-order valence-corrected chi connectivity index (χ3v) is 9.88. The number of fused-ring (bicyclic) bond motifs is 1. The van der Waals surface area contributed by atoms with E-state index in [-0.39, 0.29) is 29.6 Å². The Kier molecular flexibility index (Phi) is 8.55. The van der Waals surface area contributed by atoms with Crippen LogP contribution in [0.15, 0.2) is 42.5 Å². The molecule has 0 bridgehead atoms. The SMILES string of the molecule is CC(C)N1CC2(CN(Cc3ccc(F)cc3)C2)Oc2c(NC(=O)C3CCNCC3C3CCCCCC3)cccc2C1=O. The van der Waals surface area contributed by atoms with Crippen LogP contribution in [0.1, 0.15) is 74.7 Å². The van der Waals surface area contributed by atoms with Crippen LogP contribution in [0.4, 0.5) is 10.1 Å². The molecule has 2 aromatic rings. The van der Waals surface area contributed by atoms with Crippen molar-refractivity contribution < 1.29 is 18.7 Å². The van der Waals surface area contributed by atoms with E-state index in [0.717, 1.165) is 25.1 Å². The molecule has 42 heavy (non-hydrogen) atoms. The van der Waals surface area contributed by atoms with Crippen LogP contribution in [0.25, 0.3) is 0 Å². The molecule has 0 aromatic heterocycles. The molecule has 3 heterocycles. The minimum atomic E-state index is -0.580. The fourth-order valence-electron chi connectivity index (χ4n) is 7.68. The number of anilines is 1. The van der Waals surface area contributed by atoms with Crippen molar-refractivity contribution in [2.45, 2.75) is 77.0 Å². The van der Waals surface area contributed by atoms with Gasteiger partial charge in [-0.3, -0.25) is 14.5 Å².